The Kier molecular flexibility index (Phi) is 7.34. The Hall–Kier alpha value is -2.57. The average molecular weight is 417 g/mol. The smallest absolute Gasteiger partial charge is 0.257 e. The summed E-state index contributed by atoms with van der Waals surface area (Å²) in [5.74, 6) is 1.21. The second-order valence-corrected chi connectivity index (χ2v) is 8.10. The summed E-state index contributed by atoms with van der Waals surface area (Å²) in [6, 6.07) is 5.28. The lowest BCUT2D eigenvalue weighted by molar-refractivity contribution is -0.130. The number of Topliss-reactive ketones (excluding diaryl/α,β-unsaturated/α-hetero) is 1. The summed E-state index contributed by atoms with van der Waals surface area (Å²) in [7, 11) is 1.57. The maximum absolute atomic E-state index is 13.4. The number of ether oxygens (including phenoxy) is 2. The molecule has 0 bridgehead atoms. The van der Waals surface area contributed by atoms with Crippen LogP contribution in [0.2, 0.25) is 0 Å². The number of carbonyl (C=O) groups is 3. The fourth-order valence-electron chi connectivity index (χ4n) is 4.26. The van der Waals surface area contributed by atoms with Crippen molar-refractivity contribution in [1.82, 2.24) is 9.80 Å². The van der Waals surface area contributed by atoms with Crippen LogP contribution in [-0.2, 0) is 9.59 Å². The minimum absolute atomic E-state index is 0.0451. The molecule has 0 saturated carbocycles. The Balaban J connectivity index is 1.75. The van der Waals surface area contributed by atoms with Crippen molar-refractivity contribution < 1.29 is 23.9 Å². The van der Waals surface area contributed by atoms with Crippen molar-refractivity contribution >= 4 is 17.6 Å². The third kappa shape index (κ3) is 5.12. The number of hydrogen-bond donors (Lipinski definition) is 0. The Bertz CT molecular complexity index is 786. The van der Waals surface area contributed by atoms with E-state index >= 15 is 0 Å². The highest BCUT2D eigenvalue weighted by atomic mass is 16.5. The number of likely N-dealkylation sites (tertiary alicyclic amines) is 2. The Morgan fingerprint density at radius 2 is 1.80 bits per heavy atom. The van der Waals surface area contributed by atoms with Crippen LogP contribution < -0.4 is 9.47 Å². The first-order valence-corrected chi connectivity index (χ1v) is 10.8. The third-order valence-electron chi connectivity index (χ3n) is 6.11. The van der Waals surface area contributed by atoms with Gasteiger partial charge in [-0.05, 0) is 31.0 Å². The van der Waals surface area contributed by atoms with Gasteiger partial charge in [-0.3, -0.25) is 14.4 Å². The van der Waals surface area contributed by atoms with Gasteiger partial charge < -0.3 is 19.3 Å². The summed E-state index contributed by atoms with van der Waals surface area (Å²) in [6.45, 7) is 5.86. The Morgan fingerprint density at radius 3 is 2.43 bits per heavy atom. The Morgan fingerprint density at radius 1 is 1.07 bits per heavy atom. The Labute approximate surface area is 178 Å². The largest absolute Gasteiger partial charge is 0.497 e. The van der Waals surface area contributed by atoms with Crippen LogP contribution in [0.25, 0.3) is 0 Å². The molecule has 0 unspecified atom stereocenters. The van der Waals surface area contributed by atoms with Crippen LogP contribution in [-0.4, -0.2) is 66.8 Å². The van der Waals surface area contributed by atoms with E-state index in [4.69, 9.17) is 9.47 Å². The fourth-order valence-corrected chi connectivity index (χ4v) is 4.26. The molecule has 2 heterocycles. The van der Waals surface area contributed by atoms with Gasteiger partial charge in [0.1, 0.15) is 23.4 Å². The van der Waals surface area contributed by atoms with Crippen molar-refractivity contribution in [3.05, 3.63) is 23.8 Å². The van der Waals surface area contributed by atoms with E-state index in [0.29, 0.717) is 49.7 Å². The van der Waals surface area contributed by atoms with E-state index < -0.39 is 0 Å². The number of rotatable bonds is 6. The van der Waals surface area contributed by atoms with E-state index in [-0.39, 0.29) is 29.6 Å². The minimum atomic E-state index is -0.126. The first-order chi connectivity index (χ1) is 14.4. The summed E-state index contributed by atoms with van der Waals surface area (Å²) in [5, 5.41) is 0. The number of carbonyl (C=O) groups excluding carboxylic acids is 3. The van der Waals surface area contributed by atoms with Crippen molar-refractivity contribution in [3.8, 4) is 11.5 Å². The zero-order valence-corrected chi connectivity index (χ0v) is 18.2. The van der Waals surface area contributed by atoms with Gasteiger partial charge in [-0.2, -0.15) is 0 Å². The van der Waals surface area contributed by atoms with Crippen molar-refractivity contribution in [2.75, 3.05) is 33.3 Å². The highest BCUT2D eigenvalue weighted by Crippen LogP contribution is 2.30. The third-order valence-corrected chi connectivity index (χ3v) is 6.11. The van der Waals surface area contributed by atoms with Crippen molar-refractivity contribution in [2.45, 2.75) is 52.1 Å². The highest BCUT2D eigenvalue weighted by molar-refractivity contribution is 5.98. The van der Waals surface area contributed by atoms with Gasteiger partial charge in [0, 0.05) is 58.3 Å². The number of hydrogen-bond acceptors (Lipinski definition) is 5. The summed E-state index contributed by atoms with van der Waals surface area (Å²) in [5.41, 5.74) is 0.466. The molecule has 2 aliphatic rings. The molecule has 0 aliphatic carbocycles. The number of ketones is 1. The van der Waals surface area contributed by atoms with E-state index in [1.165, 1.54) is 0 Å². The molecular formula is C23H32N2O5. The van der Waals surface area contributed by atoms with Crippen LogP contribution in [0, 0.1) is 5.92 Å². The average Bonchev–Trinajstić information content (AvgIpc) is 2.78. The summed E-state index contributed by atoms with van der Waals surface area (Å²) >= 11 is 0. The molecule has 0 radical (unpaired) electrons. The second kappa shape index (κ2) is 9.96. The van der Waals surface area contributed by atoms with Crippen LogP contribution in [0.5, 0.6) is 11.5 Å². The summed E-state index contributed by atoms with van der Waals surface area (Å²) in [6.07, 6.45) is 3.58. The van der Waals surface area contributed by atoms with Gasteiger partial charge >= 0.3 is 0 Å². The molecule has 2 saturated heterocycles. The van der Waals surface area contributed by atoms with Crippen molar-refractivity contribution in [2.24, 2.45) is 5.92 Å². The van der Waals surface area contributed by atoms with Crippen molar-refractivity contribution in [3.63, 3.8) is 0 Å². The number of amides is 2. The second-order valence-electron chi connectivity index (χ2n) is 8.10. The molecule has 7 nitrogen and oxygen atoms in total. The SMILES string of the molecule is CCC(=O)[C@H]1CCCN(C(=O)c2cc(OC)ccc2OC2CCN(C(C)=O)CC2)C1. The number of methoxy groups -OCH3 is 1. The van der Waals surface area contributed by atoms with Crippen LogP contribution in [0.3, 0.4) is 0 Å². The lowest BCUT2D eigenvalue weighted by atomic mass is 9.92. The van der Waals surface area contributed by atoms with E-state index in [2.05, 4.69) is 0 Å². The predicted octanol–water partition coefficient (Wildman–Crippen LogP) is 2.92. The molecule has 1 aromatic rings. The van der Waals surface area contributed by atoms with E-state index in [1.807, 2.05) is 11.8 Å². The number of benzene rings is 1. The topological polar surface area (TPSA) is 76.2 Å². The highest BCUT2D eigenvalue weighted by Gasteiger charge is 2.30. The molecule has 0 spiro atoms. The van der Waals surface area contributed by atoms with Gasteiger partial charge in [0.25, 0.3) is 5.91 Å². The molecule has 0 N–H and O–H groups in total. The van der Waals surface area contributed by atoms with E-state index in [0.717, 1.165) is 25.7 Å². The van der Waals surface area contributed by atoms with Gasteiger partial charge in [-0.25, -0.2) is 0 Å². The normalized spacial score (nSPS) is 20.0. The first-order valence-electron chi connectivity index (χ1n) is 10.8. The molecule has 2 aliphatic heterocycles. The molecule has 30 heavy (non-hydrogen) atoms. The zero-order chi connectivity index (χ0) is 21.7. The van der Waals surface area contributed by atoms with Gasteiger partial charge in [-0.1, -0.05) is 6.92 Å². The quantitative estimate of drug-likeness (QED) is 0.713. The van der Waals surface area contributed by atoms with E-state index in [1.54, 1.807) is 37.1 Å². The van der Waals surface area contributed by atoms with Crippen LogP contribution in [0.1, 0.15) is 56.3 Å². The summed E-state index contributed by atoms with van der Waals surface area (Å²) < 4.78 is 11.5. The fraction of sp³-hybridized carbons (Fsp3) is 0.609. The standard InChI is InChI=1S/C23H32N2O5/c1-4-21(27)17-6-5-11-25(15-17)23(28)20-14-19(29-3)7-8-22(20)30-18-9-12-24(13-10-18)16(2)26/h7-8,14,17-18H,4-6,9-13,15H2,1-3H3/t17-/m0/s1. The van der Waals surface area contributed by atoms with Gasteiger partial charge in [0.15, 0.2) is 0 Å². The number of nitrogens with zero attached hydrogens (tertiary/aromatic N) is 2. The molecule has 7 heteroatoms. The maximum Gasteiger partial charge on any atom is 0.257 e. The lowest BCUT2D eigenvalue weighted by Gasteiger charge is -2.34. The van der Waals surface area contributed by atoms with Crippen LogP contribution >= 0.6 is 0 Å². The van der Waals surface area contributed by atoms with Gasteiger partial charge in [0.2, 0.25) is 5.91 Å². The summed E-state index contributed by atoms with van der Waals surface area (Å²) in [4.78, 5) is 40.6. The van der Waals surface area contributed by atoms with Crippen LogP contribution in [0.4, 0.5) is 0 Å². The predicted molar refractivity (Wildman–Crippen MR) is 113 cm³/mol. The molecule has 3 rings (SSSR count). The van der Waals surface area contributed by atoms with Gasteiger partial charge in [-0.15, -0.1) is 0 Å². The lowest BCUT2D eigenvalue weighted by Crippen LogP contribution is -2.43. The molecule has 1 aromatic carbocycles. The minimum Gasteiger partial charge on any atom is -0.497 e. The maximum atomic E-state index is 13.4. The molecule has 2 fully saturated rings. The molecule has 2 amide bonds. The first kappa shape index (κ1) is 22.1. The molecular weight excluding hydrogens is 384 g/mol. The molecule has 0 aromatic heterocycles. The van der Waals surface area contributed by atoms with Crippen molar-refractivity contribution in [1.29, 1.82) is 0 Å². The zero-order valence-electron chi connectivity index (χ0n) is 18.2. The monoisotopic (exact) mass is 416 g/mol. The van der Waals surface area contributed by atoms with E-state index in [9.17, 15) is 14.4 Å². The molecule has 164 valence electrons. The molecule has 1 atom stereocenters. The van der Waals surface area contributed by atoms with Gasteiger partial charge in [0.05, 0.1) is 12.7 Å². The van der Waals surface area contributed by atoms with Crippen LogP contribution in [0.15, 0.2) is 18.2 Å². The number of piperidine rings is 2.